The molecule has 5 aromatic carbocycles. The van der Waals surface area contributed by atoms with E-state index in [9.17, 15) is 0 Å². The van der Waals surface area contributed by atoms with Gasteiger partial charge in [-0.3, -0.25) is 4.98 Å². The molecule has 52 heavy (non-hydrogen) atoms. The van der Waals surface area contributed by atoms with E-state index < -0.39 is 0 Å². The molecule has 0 amide bonds. The van der Waals surface area contributed by atoms with E-state index in [1.807, 2.05) is 60.7 Å². The number of nitrogens with zero attached hydrogens (tertiary/aromatic N) is 5. The first kappa shape index (κ1) is 29.8. The average molecular weight is 664 g/mol. The number of hydrogen-bond acceptors (Lipinski definition) is 5. The first-order valence-electron chi connectivity index (χ1n) is 17.3. The Bertz CT molecular complexity index is 2940. The van der Waals surface area contributed by atoms with Gasteiger partial charge in [0.15, 0.2) is 0 Å². The molecule has 5 heteroatoms. The third-order valence-electron chi connectivity index (χ3n) is 9.69. The van der Waals surface area contributed by atoms with Crippen LogP contribution in [0.15, 0.2) is 176 Å². The van der Waals surface area contributed by atoms with Gasteiger partial charge in [-0.05, 0) is 77.9 Å². The van der Waals surface area contributed by atoms with Gasteiger partial charge in [0.05, 0.1) is 50.5 Å². The second-order valence-corrected chi connectivity index (χ2v) is 12.9. The molecule has 0 N–H and O–H groups in total. The van der Waals surface area contributed by atoms with E-state index in [2.05, 4.69) is 114 Å². The minimum Gasteiger partial charge on any atom is -0.255 e. The predicted octanol–water partition coefficient (Wildman–Crippen LogP) is 11.6. The van der Waals surface area contributed by atoms with Gasteiger partial charge in [0.25, 0.3) is 0 Å². The lowest BCUT2D eigenvalue weighted by Crippen LogP contribution is -1.94. The van der Waals surface area contributed by atoms with Crippen molar-refractivity contribution >= 4 is 43.6 Å². The Hall–Kier alpha value is -7.11. The molecule has 5 heterocycles. The van der Waals surface area contributed by atoms with E-state index >= 15 is 0 Å². The van der Waals surface area contributed by atoms with Crippen molar-refractivity contribution in [1.29, 1.82) is 0 Å². The van der Waals surface area contributed by atoms with E-state index in [0.29, 0.717) is 0 Å². The van der Waals surface area contributed by atoms with Crippen LogP contribution in [0.2, 0.25) is 0 Å². The van der Waals surface area contributed by atoms with E-state index in [-0.39, 0.29) is 0 Å². The van der Waals surface area contributed by atoms with Gasteiger partial charge in [-0.15, -0.1) is 0 Å². The Kier molecular flexibility index (Phi) is 7.07. The molecule has 0 saturated heterocycles. The summed E-state index contributed by atoms with van der Waals surface area (Å²) in [6.45, 7) is 0. The zero-order valence-electron chi connectivity index (χ0n) is 28.0. The SMILES string of the molecule is c1ccc(-c2ccc3cc(-c4ccc5cc(-c6ccc7ccc(-c8ccccn8)nc7c6)ccc5n4)c4ccc(-c5ccccc5)nc4c3n2)cc1. The Balaban J connectivity index is 1.07. The van der Waals surface area contributed by atoms with Gasteiger partial charge in [0, 0.05) is 44.4 Å². The highest BCUT2D eigenvalue weighted by atomic mass is 14.8. The zero-order valence-corrected chi connectivity index (χ0v) is 28.0. The maximum Gasteiger partial charge on any atom is 0.0979 e. The molecule has 0 aliphatic heterocycles. The second-order valence-electron chi connectivity index (χ2n) is 12.9. The van der Waals surface area contributed by atoms with Crippen molar-refractivity contribution in [3.8, 4) is 56.3 Å². The largest absolute Gasteiger partial charge is 0.255 e. The summed E-state index contributed by atoms with van der Waals surface area (Å²) in [7, 11) is 0. The summed E-state index contributed by atoms with van der Waals surface area (Å²) in [6, 6.07) is 58.5. The molecule has 0 saturated carbocycles. The third-order valence-corrected chi connectivity index (χ3v) is 9.69. The molecule has 0 radical (unpaired) electrons. The van der Waals surface area contributed by atoms with Gasteiger partial charge in [-0.2, -0.15) is 0 Å². The minimum absolute atomic E-state index is 0.861. The lowest BCUT2D eigenvalue weighted by Gasteiger charge is -2.13. The number of hydrogen-bond donors (Lipinski definition) is 0. The zero-order chi connectivity index (χ0) is 34.4. The fourth-order valence-electron chi connectivity index (χ4n) is 7.03. The highest BCUT2D eigenvalue weighted by Gasteiger charge is 2.15. The average Bonchev–Trinajstić information content (AvgIpc) is 3.23. The van der Waals surface area contributed by atoms with Crippen molar-refractivity contribution in [3.05, 3.63) is 176 Å². The van der Waals surface area contributed by atoms with Gasteiger partial charge < -0.3 is 0 Å². The van der Waals surface area contributed by atoms with Crippen LogP contribution in [-0.4, -0.2) is 24.9 Å². The lowest BCUT2D eigenvalue weighted by atomic mass is 9.98. The second kappa shape index (κ2) is 12.3. The fraction of sp³-hybridized carbons (Fsp3) is 0. The van der Waals surface area contributed by atoms with Crippen LogP contribution >= 0.6 is 0 Å². The highest BCUT2D eigenvalue weighted by molar-refractivity contribution is 6.11. The van der Waals surface area contributed by atoms with Crippen LogP contribution < -0.4 is 0 Å². The monoisotopic (exact) mass is 663 g/mol. The van der Waals surface area contributed by atoms with Crippen LogP contribution in [0.4, 0.5) is 0 Å². The summed E-state index contributed by atoms with van der Waals surface area (Å²) in [5, 5.41) is 4.20. The topological polar surface area (TPSA) is 64.5 Å². The van der Waals surface area contributed by atoms with Crippen LogP contribution in [0.25, 0.3) is 99.9 Å². The number of fused-ring (bicyclic) bond motifs is 5. The predicted molar refractivity (Wildman–Crippen MR) is 213 cm³/mol. The van der Waals surface area contributed by atoms with Gasteiger partial charge in [0.1, 0.15) is 0 Å². The van der Waals surface area contributed by atoms with Crippen LogP contribution in [-0.2, 0) is 0 Å². The van der Waals surface area contributed by atoms with Gasteiger partial charge >= 0.3 is 0 Å². The first-order valence-corrected chi connectivity index (χ1v) is 17.3. The normalized spacial score (nSPS) is 11.5. The van der Waals surface area contributed by atoms with Crippen molar-refractivity contribution in [2.45, 2.75) is 0 Å². The lowest BCUT2D eigenvalue weighted by molar-refractivity contribution is 1.28. The number of aromatic nitrogens is 5. The molecule has 0 aliphatic carbocycles. The van der Waals surface area contributed by atoms with Crippen LogP contribution in [0.5, 0.6) is 0 Å². The van der Waals surface area contributed by atoms with Crippen molar-refractivity contribution in [3.63, 3.8) is 0 Å². The van der Waals surface area contributed by atoms with E-state index in [0.717, 1.165) is 99.9 Å². The quantitative estimate of drug-likeness (QED) is 0.171. The van der Waals surface area contributed by atoms with Crippen LogP contribution in [0.1, 0.15) is 0 Å². The molecule has 0 fully saturated rings. The summed E-state index contributed by atoms with van der Waals surface area (Å²) in [5.41, 5.74) is 13.4. The maximum absolute atomic E-state index is 5.25. The summed E-state index contributed by atoms with van der Waals surface area (Å²) in [5.74, 6) is 0. The smallest absolute Gasteiger partial charge is 0.0979 e. The van der Waals surface area contributed by atoms with Gasteiger partial charge in [-0.25, -0.2) is 19.9 Å². The van der Waals surface area contributed by atoms with E-state index in [1.54, 1.807) is 6.20 Å². The van der Waals surface area contributed by atoms with Crippen molar-refractivity contribution in [1.82, 2.24) is 24.9 Å². The highest BCUT2D eigenvalue weighted by Crippen LogP contribution is 2.36. The molecule has 0 spiro atoms. The minimum atomic E-state index is 0.861. The summed E-state index contributed by atoms with van der Waals surface area (Å²) in [6.07, 6.45) is 1.80. The molecule has 5 nitrogen and oxygen atoms in total. The molecule has 0 aliphatic rings. The Morgan fingerprint density at radius 2 is 0.923 bits per heavy atom. The Morgan fingerprint density at radius 1 is 0.308 bits per heavy atom. The maximum atomic E-state index is 5.25. The van der Waals surface area contributed by atoms with Crippen LogP contribution in [0.3, 0.4) is 0 Å². The van der Waals surface area contributed by atoms with Crippen LogP contribution in [0, 0.1) is 0 Å². The third kappa shape index (κ3) is 5.32. The number of pyridine rings is 5. The van der Waals surface area contributed by atoms with Crippen molar-refractivity contribution in [2.24, 2.45) is 0 Å². The van der Waals surface area contributed by atoms with E-state index in [1.165, 1.54) is 0 Å². The molecule has 5 aromatic heterocycles. The summed E-state index contributed by atoms with van der Waals surface area (Å²) < 4.78 is 0. The molecular weight excluding hydrogens is 635 g/mol. The number of benzene rings is 5. The molecule has 10 aromatic rings. The van der Waals surface area contributed by atoms with Gasteiger partial charge in [0.2, 0.25) is 0 Å². The first-order chi connectivity index (χ1) is 25.7. The fourth-order valence-corrected chi connectivity index (χ4v) is 7.03. The van der Waals surface area contributed by atoms with E-state index in [4.69, 9.17) is 19.9 Å². The molecule has 0 atom stereocenters. The molecule has 10 rings (SSSR count). The van der Waals surface area contributed by atoms with Crippen molar-refractivity contribution in [2.75, 3.05) is 0 Å². The molecule has 0 bridgehead atoms. The Labute approximate surface area is 300 Å². The molecule has 0 unspecified atom stereocenters. The van der Waals surface area contributed by atoms with Gasteiger partial charge in [-0.1, -0.05) is 103 Å². The molecule has 242 valence electrons. The number of rotatable bonds is 5. The van der Waals surface area contributed by atoms with Crippen molar-refractivity contribution < 1.29 is 0 Å². The standard InChI is InChI=1S/C47H29N5/c1-3-9-30(10-4-1)39-22-19-36-28-38(37-20-25-40(31-11-5-2-6-12-31)52-47(37)46(36)51-39)42-23-18-35-27-33(17-21-41(35)49-42)34-15-14-32-16-24-44(50-45(32)29-34)43-13-7-8-26-48-43/h1-29H. The summed E-state index contributed by atoms with van der Waals surface area (Å²) >= 11 is 0. The summed E-state index contributed by atoms with van der Waals surface area (Å²) in [4.78, 5) is 25.1. The Morgan fingerprint density at radius 3 is 1.71 bits per heavy atom. The molecular formula is C47H29N5.